The first-order valence-electron chi connectivity index (χ1n) is 7.09. The summed E-state index contributed by atoms with van der Waals surface area (Å²) in [4.78, 5) is 0. The standard InChI is InChI=1S/C14H29NO/c1-4-7-13(3)15-10-11-16-14-9-6-5-8-12(14)2/h12-15H,4-11H2,1-3H3. The Morgan fingerprint density at radius 1 is 1.31 bits per heavy atom. The molecular weight excluding hydrogens is 198 g/mol. The second kappa shape index (κ2) is 8.08. The fourth-order valence-electron chi connectivity index (χ4n) is 2.58. The summed E-state index contributed by atoms with van der Waals surface area (Å²) in [6.45, 7) is 8.70. The van der Waals surface area contributed by atoms with Gasteiger partial charge in [0.1, 0.15) is 0 Å². The molecule has 1 saturated carbocycles. The van der Waals surface area contributed by atoms with Crippen LogP contribution in [0.1, 0.15) is 59.3 Å². The van der Waals surface area contributed by atoms with E-state index in [0.717, 1.165) is 19.1 Å². The average molecular weight is 227 g/mol. The van der Waals surface area contributed by atoms with Gasteiger partial charge in [-0.1, -0.05) is 33.1 Å². The van der Waals surface area contributed by atoms with Crippen LogP contribution in [-0.2, 0) is 4.74 Å². The first kappa shape index (κ1) is 14.0. The molecule has 2 nitrogen and oxygen atoms in total. The fraction of sp³-hybridized carbons (Fsp3) is 1.00. The van der Waals surface area contributed by atoms with Crippen LogP contribution in [0.2, 0.25) is 0 Å². The Kier molecular flexibility index (Phi) is 7.06. The Bertz CT molecular complexity index is 172. The Morgan fingerprint density at radius 2 is 2.06 bits per heavy atom. The summed E-state index contributed by atoms with van der Waals surface area (Å²) >= 11 is 0. The number of hydrogen-bond donors (Lipinski definition) is 1. The second-order valence-corrected chi connectivity index (χ2v) is 5.31. The normalized spacial score (nSPS) is 27.9. The molecule has 1 fully saturated rings. The number of nitrogens with one attached hydrogen (secondary N) is 1. The molecule has 0 aliphatic heterocycles. The van der Waals surface area contributed by atoms with Crippen molar-refractivity contribution < 1.29 is 4.74 Å². The van der Waals surface area contributed by atoms with Crippen molar-refractivity contribution in [3.8, 4) is 0 Å². The van der Waals surface area contributed by atoms with Crippen molar-refractivity contribution in [1.82, 2.24) is 5.32 Å². The van der Waals surface area contributed by atoms with E-state index in [1.165, 1.54) is 38.5 Å². The van der Waals surface area contributed by atoms with Crippen LogP contribution < -0.4 is 5.32 Å². The predicted molar refractivity (Wildman–Crippen MR) is 69.7 cm³/mol. The molecule has 0 aromatic heterocycles. The smallest absolute Gasteiger partial charge is 0.0601 e. The third-order valence-electron chi connectivity index (χ3n) is 3.68. The summed E-state index contributed by atoms with van der Waals surface area (Å²) in [5.41, 5.74) is 0. The predicted octanol–water partition coefficient (Wildman–Crippen LogP) is 3.36. The van der Waals surface area contributed by atoms with Gasteiger partial charge in [0.25, 0.3) is 0 Å². The van der Waals surface area contributed by atoms with Gasteiger partial charge in [-0.2, -0.15) is 0 Å². The first-order valence-corrected chi connectivity index (χ1v) is 7.09. The van der Waals surface area contributed by atoms with Gasteiger partial charge < -0.3 is 10.1 Å². The van der Waals surface area contributed by atoms with Gasteiger partial charge in [0.15, 0.2) is 0 Å². The summed E-state index contributed by atoms with van der Waals surface area (Å²) < 4.78 is 5.96. The molecule has 0 heterocycles. The van der Waals surface area contributed by atoms with Gasteiger partial charge >= 0.3 is 0 Å². The topological polar surface area (TPSA) is 21.3 Å². The Balaban J connectivity index is 2.01. The lowest BCUT2D eigenvalue weighted by molar-refractivity contribution is -0.00377. The Labute approximate surface area is 101 Å². The van der Waals surface area contributed by atoms with E-state index < -0.39 is 0 Å². The van der Waals surface area contributed by atoms with E-state index in [-0.39, 0.29) is 0 Å². The van der Waals surface area contributed by atoms with Gasteiger partial charge in [-0.3, -0.25) is 0 Å². The van der Waals surface area contributed by atoms with Gasteiger partial charge in [-0.15, -0.1) is 0 Å². The lowest BCUT2D eigenvalue weighted by Crippen LogP contribution is -2.32. The molecule has 0 aromatic rings. The van der Waals surface area contributed by atoms with E-state index in [1.807, 2.05) is 0 Å². The quantitative estimate of drug-likeness (QED) is 0.673. The molecule has 1 N–H and O–H groups in total. The molecule has 1 aliphatic rings. The number of ether oxygens (including phenoxy) is 1. The lowest BCUT2D eigenvalue weighted by atomic mass is 9.88. The molecule has 0 bridgehead atoms. The van der Waals surface area contributed by atoms with E-state index >= 15 is 0 Å². The highest BCUT2D eigenvalue weighted by Crippen LogP contribution is 2.25. The van der Waals surface area contributed by atoms with Gasteiger partial charge in [-0.05, 0) is 32.1 Å². The Hall–Kier alpha value is -0.0800. The highest BCUT2D eigenvalue weighted by molar-refractivity contribution is 4.72. The van der Waals surface area contributed by atoms with Crippen molar-refractivity contribution in [2.24, 2.45) is 5.92 Å². The van der Waals surface area contributed by atoms with Crippen LogP contribution in [0.4, 0.5) is 0 Å². The lowest BCUT2D eigenvalue weighted by Gasteiger charge is -2.29. The zero-order valence-corrected chi connectivity index (χ0v) is 11.3. The maximum absolute atomic E-state index is 5.96. The summed E-state index contributed by atoms with van der Waals surface area (Å²) in [5, 5.41) is 3.51. The van der Waals surface area contributed by atoms with Crippen LogP contribution in [0.5, 0.6) is 0 Å². The van der Waals surface area contributed by atoms with Crippen LogP contribution in [-0.4, -0.2) is 25.3 Å². The molecule has 3 unspecified atom stereocenters. The molecule has 0 spiro atoms. The molecular formula is C14H29NO. The minimum absolute atomic E-state index is 0.525. The Morgan fingerprint density at radius 3 is 2.75 bits per heavy atom. The van der Waals surface area contributed by atoms with Crippen LogP contribution in [0.3, 0.4) is 0 Å². The summed E-state index contributed by atoms with van der Waals surface area (Å²) in [6.07, 6.45) is 8.42. The number of hydrogen-bond acceptors (Lipinski definition) is 2. The molecule has 0 saturated heterocycles. The van der Waals surface area contributed by atoms with E-state index in [2.05, 4.69) is 26.1 Å². The van der Waals surface area contributed by atoms with Gasteiger partial charge in [0.05, 0.1) is 12.7 Å². The fourth-order valence-corrected chi connectivity index (χ4v) is 2.58. The summed E-state index contributed by atoms with van der Waals surface area (Å²) in [7, 11) is 0. The monoisotopic (exact) mass is 227 g/mol. The molecule has 0 radical (unpaired) electrons. The summed E-state index contributed by atoms with van der Waals surface area (Å²) in [5.74, 6) is 0.766. The zero-order valence-electron chi connectivity index (χ0n) is 11.3. The maximum Gasteiger partial charge on any atom is 0.0601 e. The zero-order chi connectivity index (χ0) is 11.8. The van der Waals surface area contributed by atoms with Crippen molar-refractivity contribution in [2.75, 3.05) is 13.2 Å². The van der Waals surface area contributed by atoms with Crippen LogP contribution in [0.25, 0.3) is 0 Å². The number of rotatable bonds is 7. The molecule has 0 amide bonds. The van der Waals surface area contributed by atoms with Crippen molar-refractivity contribution in [2.45, 2.75) is 71.4 Å². The molecule has 1 aliphatic carbocycles. The highest BCUT2D eigenvalue weighted by atomic mass is 16.5. The van der Waals surface area contributed by atoms with E-state index in [1.54, 1.807) is 0 Å². The SMILES string of the molecule is CCCC(C)NCCOC1CCCCC1C. The van der Waals surface area contributed by atoms with Gasteiger partial charge in [-0.25, -0.2) is 0 Å². The van der Waals surface area contributed by atoms with Crippen molar-refractivity contribution in [1.29, 1.82) is 0 Å². The first-order chi connectivity index (χ1) is 7.74. The van der Waals surface area contributed by atoms with E-state index in [9.17, 15) is 0 Å². The van der Waals surface area contributed by atoms with Crippen LogP contribution >= 0.6 is 0 Å². The van der Waals surface area contributed by atoms with Gasteiger partial charge in [0, 0.05) is 12.6 Å². The molecule has 3 atom stereocenters. The van der Waals surface area contributed by atoms with Gasteiger partial charge in [0.2, 0.25) is 0 Å². The minimum Gasteiger partial charge on any atom is -0.377 e. The van der Waals surface area contributed by atoms with Crippen LogP contribution in [0, 0.1) is 5.92 Å². The molecule has 0 aromatic carbocycles. The highest BCUT2D eigenvalue weighted by Gasteiger charge is 2.21. The minimum atomic E-state index is 0.525. The average Bonchev–Trinajstić information content (AvgIpc) is 2.27. The van der Waals surface area contributed by atoms with Crippen LogP contribution in [0.15, 0.2) is 0 Å². The van der Waals surface area contributed by atoms with E-state index in [0.29, 0.717) is 12.1 Å². The summed E-state index contributed by atoms with van der Waals surface area (Å²) in [6, 6.07) is 0.636. The largest absolute Gasteiger partial charge is 0.377 e. The second-order valence-electron chi connectivity index (χ2n) is 5.31. The molecule has 96 valence electrons. The molecule has 16 heavy (non-hydrogen) atoms. The molecule has 1 rings (SSSR count). The van der Waals surface area contributed by atoms with Crippen molar-refractivity contribution >= 4 is 0 Å². The van der Waals surface area contributed by atoms with Crippen molar-refractivity contribution in [3.63, 3.8) is 0 Å². The third kappa shape index (κ3) is 5.31. The molecule has 2 heteroatoms. The van der Waals surface area contributed by atoms with E-state index in [4.69, 9.17) is 4.74 Å². The maximum atomic E-state index is 5.96. The third-order valence-corrected chi connectivity index (χ3v) is 3.68. The van der Waals surface area contributed by atoms with Crippen molar-refractivity contribution in [3.05, 3.63) is 0 Å².